The van der Waals surface area contributed by atoms with Crippen LogP contribution in [0.25, 0.3) is 0 Å². The van der Waals surface area contributed by atoms with Gasteiger partial charge in [0.05, 0.1) is 25.8 Å². The third kappa shape index (κ3) is 5.69. The van der Waals surface area contributed by atoms with E-state index >= 15 is 0 Å². The Morgan fingerprint density at radius 2 is 1.74 bits per heavy atom. The summed E-state index contributed by atoms with van der Waals surface area (Å²) in [5.74, 6) is 0.667. The summed E-state index contributed by atoms with van der Waals surface area (Å²) < 4.78 is 39.8. The number of ether oxygens (including phenoxy) is 2. The van der Waals surface area contributed by atoms with Gasteiger partial charge in [0.2, 0.25) is 0 Å². The topological polar surface area (TPSA) is 99.6 Å². The molecule has 0 saturated carbocycles. The first-order chi connectivity index (χ1) is 16.2. The number of aliphatic hydroxyl groups excluding tert-OH is 1. The maximum atomic E-state index is 13.3. The third-order valence-corrected chi connectivity index (χ3v) is 8.00. The lowest BCUT2D eigenvalue weighted by Crippen LogP contribution is -2.53. The molecule has 1 aliphatic heterocycles. The van der Waals surface area contributed by atoms with Crippen LogP contribution in [0.1, 0.15) is 24.5 Å². The van der Waals surface area contributed by atoms with E-state index in [1.165, 1.54) is 23.3 Å². The summed E-state index contributed by atoms with van der Waals surface area (Å²) in [5, 5.41) is 10.2. The fourth-order valence-corrected chi connectivity index (χ4v) is 5.55. The first-order valence-electron chi connectivity index (χ1n) is 11.1. The molecule has 1 saturated heterocycles. The number of hydrogen-bond donors (Lipinski definition) is 1. The molecule has 2 aromatic carbocycles. The van der Waals surface area contributed by atoms with Crippen LogP contribution in [0.2, 0.25) is 0 Å². The fraction of sp³-hybridized carbons (Fsp3) is 0.458. The average Bonchev–Trinajstić information content (AvgIpc) is 3.17. The van der Waals surface area contributed by atoms with Crippen LogP contribution in [0.5, 0.6) is 5.75 Å². The van der Waals surface area contributed by atoms with Crippen LogP contribution in [-0.4, -0.2) is 79.1 Å². The minimum Gasteiger partial charge on any atom is -0.497 e. The highest BCUT2D eigenvalue weighted by Gasteiger charge is 2.48. The Hall–Kier alpha value is -2.66. The van der Waals surface area contributed by atoms with Gasteiger partial charge >= 0.3 is 6.09 Å². The van der Waals surface area contributed by atoms with Gasteiger partial charge in [-0.1, -0.05) is 42.5 Å². The summed E-state index contributed by atoms with van der Waals surface area (Å²) in [5.41, 5.74) is 1.61. The molecule has 1 N–H and O–H groups in total. The molecule has 10 heteroatoms. The normalized spacial score (nSPS) is 20.7. The molecular weight excluding hydrogens is 458 g/mol. The van der Waals surface area contributed by atoms with Crippen molar-refractivity contribution in [1.82, 2.24) is 13.5 Å². The number of carbonyl (C=O) groups excluding carboxylic acids is 1. The Morgan fingerprint density at radius 1 is 1.09 bits per heavy atom. The molecule has 1 heterocycles. The zero-order valence-electron chi connectivity index (χ0n) is 20.0. The van der Waals surface area contributed by atoms with Crippen molar-refractivity contribution in [3.8, 4) is 5.75 Å². The Labute approximate surface area is 201 Å². The maximum absolute atomic E-state index is 13.3. The zero-order valence-corrected chi connectivity index (χ0v) is 20.8. The molecule has 0 aliphatic carbocycles. The standard InChI is InChI=1S/C24H33N3O6S/c1-18-14-22(23(16-28)27(18)24(29)33-17-20-8-6-5-7-9-20)26(34(30,31)25(2)3)15-19-10-12-21(32-4)13-11-19/h5-13,18,22-23,28H,14-17H2,1-4H3/t18-,22+,23+/m1/s1. The number of methoxy groups -OCH3 is 1. The molecule has 3 atom stereocenters. The van der Waals surface area contributed by atoms with Crippen molar-refractivity contribution in [2.24, 2.45) is 0 Å². The molecular formula is C24H33N3O6S. The van der Waals surface area contributed by atoms with Crippen LogP contribution in [0.3, 0.4) is 0 Å². The largest absolute Gasteiger partial charge is 0.497 e. The number of carbonyl (C=O) groups is 1. The molecule has 2 aromatic rings. The van der Waals surface area contributed by atoms with Crippen LogP contribution in [0.4, 0.5) is 4.79 Å². The Kier molecular flexibility index (Phi) is 8.53. The van der Waals surface area contributed by atoms with Crippen molar-refractivity contribution in [1.29, 1.82) is 0 Å². The fourth-order valence-electron chi connectivity index (χ4n) is 4.25. The number of likely N-dealkylation sites (tertiary alicyclic amines) is 1. The minimum absolute atomic E-state index is 0.0886. The lowest BCUT2D eigenvalue weighted by Gasteiger charge is -2.35. The molecule has 1 aliphatic rings. The Morgan fingerprint density at radius 3 is 2.29 bits per heavy atom. The number of amides is 1. The molecule has 3 rings (SSSR count). The van der Waals surface area contributed by atoms with E-state index < -0.39 is 35.0 Å². The molecule has 0 bridgehead atoms. The summed E-state index contributed by atoms with van der Waals surface area (Å²) in [6.45, 7) is 1.63. The van der Waals surface area contributed by atoms with Crippen LogP contribution >= 0.6 is 0 Å². The van der Waals surface area contributed by atoms with E-state index in [-0.39, 0.29) is 19.2 Å². The molecule has 1 fully saturated rings. The molecule has 0 radical (unpaired) electrons. The number of hydrogen-bond acceptors (Lipinski definition) is 6. The van der Waals surface area contributed by atoms with Gasteiger partial charge in [-0.3, -0.25) is 4.90 Å². The number of benzene rings is 2. The highest BCUT2D eigenvalue weighted by atomic mass is 32.2. The number of aliphatic hydroxyl groups is 1. The van der Waals surface area contributed by atoms with Crippen molar-refractivity contribution in [3.05, 3.63) is 65.7 Å². The van der Waals surface area contributed by atoms with E-state index in [0.717, 1.165) is 15.4 Å². The summed E-state index contributed by atoms with van der Waals surface area (Å²) in [6, 6.07) is 14.8. The van der Waals surface area contributed by atoms with Crippen LogP contribution in [-0.2, 0) is 28.1 Å². The van der Waals surface area contributed by atoms with Crippen LogP contribution in [0.15, 0.2) is 54.6 Å². The predicted molar refractivity (Wildman–Crippen MR) is 128 cm³/mol. The predicted octanol–water partition coefficient (Wildman–Crippen LogP) is 2.46. The van der Waals surface area contributed by atoms with E-state index in [9.17, 15) is 18.3 Å². The third-order valence-electron chi connectivity index (χ3n) is 6.09. The first kappa shape index (κ1) is 26.0. The highest BCUT2D eigenvalue weighted by molar-refractivity contribution is 7.86. The van der Waals surface area contributed by atoms with Gasteiger partial charge in [0, 0.05) is 26.7 Å². The second-order valence-corrected chi connectivity index (χ2v) is 10.6. The zero-order chi connectivity index (χ0) is 24.9. The summed E-state index contributed by atoms with van der Waals surface area (Å²) in [6.07, 6.45) is -0.209. The molecule has 186 valence electrons. The van der Waals surface area contributed by atoms with Gasteiger partial charge in [-0.05, 0) is 36.6 Å². The number of rotatable bonds is 9. The van der Waals surface area contributed by atoms with Crippen molar-refractivity contribution in [2.45, 2.75) is 44.6 Å². The second-order valence-electron chi connectivity index (χ2n) is 8.53. The Bertz CT molecular complexity index is 1050. The van der Waals surface area contributed by atoms with Crippen molar-refractivity contribution < 1.29 is 27.8 Å². The molecule has 34 heavy (non-hydrogen) atoms. The van der Waals surface area contributed by atoms with E-state index in [2.05, 4.69) is 0 Å². The molecule has 0 aromatic heterocycles. The molecule has 1 amide bonds. The van der Waals surface area contributed by atoms with Gasteiger partial charge in [0.15, 0.2) is 0 Å². The van der Waals surface area contributed by atoms with Gasteiger partial charge in [0.25, 0.3) is 10.2 Å². The van der Waals surface area contributed by atoms with Gasteiger partial charge in [-0.15, -0.1) is 0 Å². The summed E-state index contributed by atoms with van der Waals surface area (Å²) in [7, 11) is 0.637. The van der Waals surface area contributed by atoms with Crippen molar-refractivity contribution >= 4 is 16.3 Å². The summed E-state index contributed by atoms with van der Waals surface area (Å²) in [4.78, 5) is 14.4. The lowest BCUT2D eigenvalue weighted by molar-refractivity contribution is 0.0590. The highest BCUT2D eigenvalue weighted by Crippen LogP contribution is 2.32. The quantitative estimate of drug-likeness (QED) is 0.579. The molecule has 9 nitrogen and oxygen atoms in total. The van der Waals surface area contributed by atoms with E-state index in [4.69, 9.17) is 9.47 Å². The SMILES string of the molecule is COc1ccc(CN([C@H]2C[C@@H](C)N(C(=O)OCc3ccccc3)[C@H]2CO)S(=O)(=O)N(C)C)cc1. The minimum atomic E-state index is -3.86. The number of nitrogens with zero attached hydrogens (tertiary/aromatic N) is 3. The lowest BCUT2D eigenvalue weighted by atomic mass is 10.1. The Balaban J connectivity index is 1.85. The van der Waals surface area contributed by atoms with Crippen LogP contribution in [0, 0.1) is 0 Å². The summed E-state index contributed by atoms with van der Waals surface area (Å²) >= 11 is 0. The van der Waals surface area contributed by atoms with E-state index in [0.29, 0.717) is 12.2 Å². The molecule has 0 spiro atoms. The van der Waals surface area contributed by atoms with Crippen molar-refractivity contribution in [3.63, 3.8) is 0 Å². The molecule has 0 unspecified atom stereocenters. The van der Waals surface area contributed by atoms with Gasteiger partial charge < -0.3 is 14.6 Å². The van der Waals surface area contributed by atoms with Gasteiger partial charge in [-0.2, -0.15) is 17.0 Å². The van der Waals surface area contributed by atoms with E-state index in [1.54, 1.807) is 31.4 Å². The first-order valence-corrected chi connectivity index (χ1v) is 12.5. The average molecular weight is 492 g/mol. The maximum Gasteiger partial charge on any atom is 0.410 e. The van der Waals surface area contributed by atoms with Gasteiger partial charge in [0.1, 0.15) is 12.4 Å². The van der Waals surface area contributed by atoms with Crippen molar-refractivity contribution in [2.75, 3.05) is 27.8 Å². The smallest absolute Gasteiger partial charge is 0.410 e. The monoisotopic (exact) mass is 491 g/mol. The van der Waals surface area contributed by atoms with Crippen LogP contribution < -0.4 is 4.74 Å². The van der Waals surface area contributed by atoms with E-state index in [1.807, 2.05) is 37.3 Å². The second kappa shape index (κ2) is 11.2. The van der Waals surface area contributed by atoms with Gasteiger partial charge in [-0.25, -0.2) is 4.79 Å².